The van der Waals surface area contributed by atoms with Gasteiger partial charge in [0.1, 0.15) is 0 Å². The van der Waals surface area contributed by atoms with Crippen LogP contribution in [0.2, 0.25) is 8.02 Å². The monoisotopic (exact) mass is 418 g/mol. The average molecular weight is 420 g/mol. The Bertz CT molecular complexity index is 610. The zero-order valence-electron chi connectivity index (χ0n) is 19.7. The van der Waals surface area contributed by atoms with Gasteiger partial charge >= 0.3 is 177 Å². The molecule has 0 fully saturated rings. The summed E-state index contributed by atoms with van der Waals surface area (Å²) >= 11 is -0.927. The van der Waals surface area contributed by atoms with Crippen LogP contribution in [-0.4, -0.2) is 0 Å². The van der Waals surface area contributed by atoms with E-state index in [1.165, 1.54) is 12.8 Å². The van der Waals surface area contributed by atoms with E-state index < -0.39 is 17.1 Å². The van der Waals surface area contributed by atoms with E-state index in [4.69, 9.17) is 0 Å². The summed E-state index contributed by atoms with van der Waals surface area (Å²) in [4.78, 5) is 0. The van der Waals surface area contributed by atoms with E-state index in [2.05, 4.69) is 106 Å². The van der Waals surface area contributed by atoms with Gasteiger partial charge in [0.2, 0.25) is 0 Å². The first-order valence-corrected chi connectivity index (χ1v) is 14.0. The van der Waals surface area contributed by atoms with E-state index in [9.17, 15) is 0 Å². The Balaban J connectivity index is 2.18. The van der Waals surface area contributed by atoms with Crippen LogP contribution in [0.4, 0.5) is 0 Å². The summed E-state index contributed by atoms with van der Waals surface area (Å²) in [6.07, 6.45) is 17.8. The van der Waals surface area contributed by atoms with E-state index in [1.807, 2.05) is 0 Å². The molecule has 0 radical (unpaired) electrons. The Labute approximate surface area is 177 Å². The summed E-state index contributed by atoms with van der Waals surface area (Å²) < 4.78 is 0.674. The van der Waals surface area contributed by atoms with Crippen molar-refractivity contribution in [2.24, 2.45) is 22.7 Å². The van der Waals surface area contributed by atoms with E-state index in [0.29, 0.717) is 8.02 Å². The molecule has 0 saturated heterocycles. The fourth-order valence-corrected chi connectivity index (χ4v) is 11.4. The quantitative estimate of drug-likeness (QED) is 0.345. The molecule has 2 aliphatic rings. The van der Waals surface area contributed by atoms with E-state index >= 15 is 0 Å². The Morgan fingerprint density at radius 3 is 1.37 bits per heavy atom. The Kier molecular flexibility index (Phi) is 6.59. The second-order valence-corrected chi connectivity index (χ2v) is 19.2. The molecule has 0 aromatic rings. The first-order valence-electron chi connectivity index (χ1n) is 11.0. The number of hydrogen-bond donors (Lipinski definition) is 0. The zero-order chi connectivity index (χ0) is 20.7. The molecule has 0 spiro atoms. The predicted octanol–water partition coefficient (Wildman–Crippen LogP) is 8.56. The summed E-state index contributed by atoms with van der Waals surface area (Å²) in [6, 6.07) is 0. The first kappa shape index (κ1) is 22.9. The first-order chi connectivity index (χ1) is 12.2. The third-order valence-corrected chi connectivity index (χ3v) is 11.5. The molecule has 0 nitrogen and oxygen atoms in total. The number of rotatable bonds is 8. The third kappa shape index (κ3) is 5.79. The Hall–Kier alpha value is -0.417. The summed E-state index contributed by atoms with van der Waals surface area (Å²) in [7, 11) is 0. The molecule has 148 valence electrons. The van der Waals surface area contributed by atoms with Gasteiger partial charge in [-0.1, -0.05) is 0 Å². The summed E-state index contributed by atoms with van der Waals surface area (Å²) in [5.74, 6) is 1.48. The standard InChI is InChI=1S/2C13H21.Zn/c2*1-10(2)9-13(4,5)12-7-6-11(3)8-12;/h2*6-8,10H,9H2,1-5H3;. The minimum atomic E-state index is -0.927. The van der Waals surface area contributed by atoms with Crippen LogP contribution in [0.1, 0.15) is 82.1 Å². The predicted molar refractivity (Wildman–Crippen MR) is 118 cm³/mol. The van der Waals surface area contributed by atoms with Crippen LogP contribution in [0, 0.1) is 22.7 Å². The van der Waals surface area contributed by atoms with Crippen molar-refractivity contribution < 1.29 is 17.1 Å². The summed E-state index contributed by atoms with van der Waals surface area (Å²) in [5, 5.41) is 0. The molecular formula is C26H42Zn. The van der Waals surface area contributed by atoms with Crippen molar-refractivity contribution in [2.45, 2.75) is 90.1 Å². The van der Waals surface area contributed by atoms with E-state index in [-0.39, 0.29) is 10.8 Å². The topological polar surface area (TPSA) is 0 Å². The molecule has 27 heavy (non-hydrogen) atoms. The van der Waals surface area contributed by atoms with Crippen LogP contribution >= 0.6 is 0 Å². The summed E-state index contributed by atoms with van der Waals surface area (Å²) in [5.41, 5.74) is 3.72. The molecule has 2 atom stereocenters. The fraction of sp³-hybridized carbons (Fsp3) is 0.692. The van der Waals surface area contributed by atoms with E-state index in [0.717, 1.165) is 11.8 Å². The normalized spacial score (nSPS) is 28.1. The molecule has 0 bridgehead atoms. The SMILES string of the molecule is CC(C)CC(C)(C)C1=C[C](C)([Zn][C]2(C)C=CC(C(C)(C)CC(C)C)=C2)C=C1. The van der Waals surface area contributed by atoms with Gasteiger partial charge in [-0.25, -0.2) is 0 Å². The van der Waals surface area contributed by atoms with Crippen LogP contribution in [-0.2, 0) is 17.1 Å². The number of hydrogen-bond acceptors (Lipinski definition) is 0. The van der Waals surface area contributed by atoms with Gasteiger partial charge in [0, 0.05) is 0 Å². The molecule has 0 amide bonds. The van der Waals surface area contributed by atoms with Crippen LogP contribution < -0.4 is 0 Å². The molecule has 0 N–H and O–H groups in total. The van der Waals surface area contributed by atoms with Crippen molar-refractivity contribution in [2.75, 3.05) is 0 Å². The maximum absolute atomic E-state index is 2.64. The van der Waals surface area contributed by atoms with Crippen molar-refractivity contribution in [1.29, 1.82) is 0 Å². The van der Waals surface area contributed by atoms with Crippen molar-refractivity contribution in [3.8, 4) is 0 Å². The van der Waals surface area contributed by atoms with Crippen molar-refractivity contribution in [1.82, 2.24) is 0 Å². The van der Waals surface area contributed by atoms with Crippen LogP contribution in [0.3, 0.4) is 0 Å². The van der Waals surface area contributed by atoms with Gasteiger partial charge in [-0.3, -0.25) is 0 Å². The van der Waals surface area contributed by atoms with Crippen LogP contribution in [0.25, 0.3) is 0 Å². The molecule has 1 heteroatoms. The van der Waals surface area contributed by atoms with Gasteiger partial charge in [0.25, 0.3) is 0 Å². The fourth-order valence-electron chi connectivity index (χ4n) is 5.62. The summed E-state index contributed by atoms with van der Waals surface area (Å²) in [6.45, 7) is 24.0. The second-order valence-electron chi connectivity index (χ2n) is 12.0. The molecule has 0 heterocycles. The van der Waals surface area contributed by atoms with Crippen LogP contribution in [0.5, 0.6) is 0 Å². The molecule has 2 unspecified atom stereocenters. The average Bonchev–Trinajstić information content (AvgIpc) is 3.01. The van der Waals surface area contributed by atoms with Gasteiger partial charge in [-0.2, -0.15) is 0 Å². The molecule has 0 saturated carbocycles. The number of allylic oxidation sites excluding steroid dienone is 8. The minimum absolute atomic E-state index is 0.289. The van der Waals surface area contributed by atoms with Gasteiger partial charge in [0.15, 0.2) is 0 Å². The van der Waals surface area contributed by atoms with Crippen molar-refractivity contribution in [3.63, 3.8) is 0 Å². The van der Waals surface area contributed by atoms with Crippen LogP contribution in [0.15, 0.2) is 47.6 Å². The van der Waals surface area contributed by atoms with Gasteiger partial charge < -0.3 is 0 Å². The van der Waals surface area contributed by atoms with Gasteiger partial charge in [0.05, 0.1) is 0 Å². The molecule has 0 aromatic carbocycles. The molecule has 2 rings (SSSR count). The second kappa shape index (κ2) is 7.78. The molecule has 0 aromatic heterocycles. The Morgan fingerprint density at radius 1 is 0.741 bits per heavy atom. The van der Waals surface area contributed by atoms with E-state index in [1.54, 1.807) is 11.1 Å². The van der Waals surface area contributed by atoms with Gasteiger partial charge in [-0.05, 0) is 0 Å². The maximum atomic E-state index is 2.64. The van der Waals surface area contributed by atoms with Gasteiger partial charge in [-0.15, -0.1) is 0 Å². The molecule has 0 aliphatic heterocycles. The zero-order valence-corrected chi connectivity index (χ0v) is 22.7. The molecular weight excluding hydrogens is 378 g/mol. The third-order valence-electron chi connectivity index (χ3n) is 6.42. The molecule has 2 aliphatic carbocycles. The van der Waals surface area contributed by atoms with Crippen molar-refractivity contribution in [3.05, 3.63) is 47.6 Å². The van der Waals surface area contributed by atoms with Crippen molar-refractivity contribution >= 4 is 0 Å². The Morgan fingerprint density at radius 2 is 1.07 bits per heavy atom.